The van der Waals surface area contributed by atoms with Gasteiger partial charge in [-0.1, -0.05) is 40.0 Å². The number of rotatable bonds is 11. The summed E-state index contributed by atoms with van der Waals surface area (Å²) in [5.74, 6) is 0.601. The molecule has 50 heavy (non-hydrogen) atoms. The van der Waals surface area contributed by atoms with Crippen LogP contribution in [0.1, 0.15) is 137 Å². The lowest BCUT2D eigenvalue weighted by atomic mass is 9.42. The second-order valence-electron chi connectivity index (χ2n) is 19.1. The maximum absolute atomic E-state index is 14.1. The maximum atomic E-state index is 14.1. The van der Waals surface area contributed by atoms with Crippen LogP contribution in [-0.4, -0.2) is 85.7 Å². The Morgan fingerprint density at radius 3 is 2.40 bits per heavy atom. The van der Waals surface area contributed by atoms with Gasteiger partial charge >= 0.3 is 0 Å². The van der Waals surface area contributed by atoms with Crippen LogP contribution in [0.4, 0.5) is 0 Å². The van der Waals surface area contributed by atoms with Gasteiger partial charge in [-0.25, -0.2) is 0 Å². The van der Waals surface area contributed by atoms with Gasteiger partial charge in [-0.15, -0.1) is 0 Å². The first-order valence-corrected chi connectivity index (χ1v) is 20.5. The average Bonchev–Trinajstić information content (AvgIpc) is 3.63. The fourth-order valence-electron chi connectivity index (χ4n) is 13.5. The quantitative estimate of drug-likeness (QED) is 0.154. The highest BCUT2D eigenvalue weighted by atomic mass is 16.6. The third kappa shape index (κ3) is 5.48. The van der Waals surface area contributed by atoms with Crippen molar-refractivity contribution in [2.24, 2.45) is 51.6 Å². The van der Waals surface area contributed by atoms with Gasteiger partial charge in [0.05, 0.1) is 35.7 Å². The first kappa shape index (κ1) is 37.4. The molecule has 0 amide bonds. The lowest BCUT2D eigenvalue weighted by molar-refractivity contribution is -0.166. The molecule has 9 nitrogen and oxygen atoms in total. The highest BCUT2D eigenvalue weighted by molar-refractivity contribution is 5.95. The van der Waals surface area contributed by atoms with Crippen LogP contribution in [0.25, 0.3) is 0 Å². The van der Waals surface area contributed by atoms with E-state index in [-0.39, 0.29) is 41.7 Å². The van der Waals surface area contributed by atoms with Gasteiger partial charge in [0.1, 0.15) is 12.2 Å². The number of fused-ring (bicyclic) bond motifs is 5. The van der Waals surface area contributed by atoms with Crippen LogP contribution in [0.3, 0.4) is 0 Å². The van der Waals surface area contributed by atoms with Crippen molar-refractivity contribution in [1.82, 2.24) is 5.32 Å². The van der Waals surface area contributed by atoms with Crippen LogP contribution in [-0.2, 0) is 9.53 Å². The van der Waals surface area contributed by atoms with Gasteiger partial charge < -0.3 is 41.3 Å². The molecule has 284 valence electrons. The van der Waals surface area contributed by atoms with Gasteiger partial charge in [-0.3, -0.25) is 4.79 Å². The lowest BCUT2D eigenvalue weighted by Gasteiger charge is -2.63. The Hall–Kier alpha value is -0.910. The van der Waals surface area contributed by atoms with Gasteiger partial charge in [0.15, 0.2) is 5.78 Å². The summed E-state index contributed by atoms with van der Waals surface area (Å²) >= 11 is 0. The molecule has 7 aliphatic rings. The van der Waals surface area contributed by atoms with Crippen molar-refractivity contribution in [2.45, 2.75) is 178 Å². The molecule has 0 bridgehead atoms. The second kappa shape index (κ2) is 13.1. The largest absolute Gasteiger partial charge is 0.396 e. The minimum absolute atomic E-state index is 0.0240. The summed E-state index contributed by atoms with van der Waals surface area (Å²) < 4.78 is 6.40. The number of aliphatic hydroxyl groups excluding tert-OH is 2. The van der Waals surface area contributed by atoms with E-state index in [2.05, 4.69) is 19.2 Å². The summed E-state index contributed by atoms with van der Waals surface area (Å²) in [4.78, 5) is 14.1. The van der Waals surface area contributed by atoms with Gasteiger partial charge in [0.2, 0.25) is 0 Å². The zero-order chi connectivity index (χ0) is 35.9. The monoisotopic (exact) mass is 701 g/mol. The molecule has 2 aliphatic heterocycles. The molecule has 8 N–H and O–H groups in total. The number of hydrogen-bond acceptors (Lipinski definition) is 9. The first-order chi connectivity index (χ1) is 23.6. The Morgan fingerprint density at radius 2 is 1.72 bits per heavy atom. The van der Waals surface area contributed by atoms with Crippen LogP contribution in [0.2, 0.25) is 0 Å². The van der Waals surface area contributed by atoms with E-state index in [1.54, 1.807) is 13.0 Å². The van der Waals surface area contributed by atoms with Gasteiger partial charge in [-0.2, -0.15) is 0 Å². The molecule has 14 atom stereocenters. The zero-order valence-electron chi connectivity index (χ0n) is 31.3. The minimum atomic E-state index is -1.39. The number of ketones is 1. The smallest absolute Gasteiger partial charge is 0.159 e. The Bertz CT molecular complexity index is 1320. The van der Waals surface area contributed by atoms with Crippen LogP contribution < -0.4 is 11.1 Å². The molecule has 6 fully saturated rings. The molecular weight excluding hydrogens is 632 g/mol. The number of piperidine rings is 1. The number of ether oxygens (including phenoxy) is 1. The lowest BCUT2D eigenvalue weighted by Crippen LogP contribution is -2.63. The van der Waals surface area contributed by atoms with E-state index in [9.17, 15) is 30.3 Å². The van der Waals surface area contributed by atoms with Crippen LogP contribution in [0.5, 0.6) is 0 Å². The molecule has 2 saturated heterocycles. The standard InChI is InChI=1S/C41H68N2O7/c1-5-15-40(48,35-34(50-35)38(4,47)36(2,24-44)16-10-25-14-20-43-33(42)21-25)32-13-19-41(49)29-23-31(46)30-22-27(45)11-18-39(30,26-8-6-7-9-26)28(29)12-17-37(32,41)3/h23,25-28,30,32-35,43-45,47-49H,5-22,24,42H2,1-4H3/t25?,27-,28+,30+,32+,33?,34-,35+,36-,37+,38-,39-,40+,41-/m0/s1. The van der Waals surface area contributed by atoms with Crippen molar-refractivity contribution in [1.29, 1.82) is 0 Å². The van der Waals surface area contributed by atoms with E-state index >= 15 is 0 Å². The Kier molecular flexibility index (Phi) is 9.83. The summed E-state index contributed by atoms with van der Waals surface area (Å²) in [6, 6.07) is 0. The number of carbonyl (C=O) groups is 1. The fourth-order valence-corrected chi connectivity index (χ4v) is 13.5. The van der Waals surface area contributed by atoms with E-state index in [1.807, 2.05) is 6.92 Å². The van der Waals surface area contributed by atoms with Crippen molar-refractivity contribution in [3.8, 4) is 0 Å². The van der Waals surface area contributed by atoms with Crippen LogP contribution in [0, 0.1) is 45.8 Å². The third-order valence-electron chi connectivity index (χ3n) is 16.8. The number of aliphatic hydroxyl groups is 5. The number of nitrogens with two attached hydrogens (primary N) is 1. The normalized spacial score (nSPS) is 46.9. The highest BCUT2D eigenvalue weighted by Gasteiger charge is 2.74. The van der Waals surface area contributed by atoms with Crippen molar-refractivity contribution >= 4 is 5.78 Å². The molecule has 5 aliphatic carbocycles. The summed E-state index contributed by atoms with van der Waals surface area (Å²) in [6.07, 6.45) is 14.1. The minimum Gasteiger partial charge on any atom is -0.396 e. The Labute approximate surface area is 300 Å². The summed E-state index contributed by atoms with van der Waals surface area (Å²) in [5.41, 5.74) is 1.48. The average molecular weight is 701 g/mol. The molecule has 7 rings (SSSR count). The van der Waals surface area contributed by atoms with E-state index < -0.39 is 45.9 Å². The van der Waals surface area contributed by atoms with Crippen molar-refractivity contribution in [3.05, 3.63) is 11.6 Å². The topological polar surface area (TPSA) is 169 Å². The fraction of sp³-hybridized carbons (Fsp3) is 0.927. The highest BCUT2D eigenvalue weighted by Crippen LogP contribution is 2.72. The summed E-state index contributed by atoms with van der Waals surface area (Å²) in [6.45, 7) is 8.59. The summed E-state index contributed by atoms with van der Waals surface area (Å²) in [5, 5.41) is 63.0. The molecule has 2 heterocycles. The first-order valence-electron chi connectivity index (χ1n) is 20.5. The number of epoxide rings is 1. The maximum Gasteiger partial charge on any atom is 0.159 e. The van der Waals surface area contributed by atoms with E-state index in [0.717, 1.165) is 76.3 Å². The summed E-state index contributed by atoms with van der Waals surface area (Å²) in [7, 11) is 0. The van der Waals surface area contributed by atoms with Crippen molar-refractivity contribution in [2.75, 3.05) is 13.2 Å². The zero-order valence-corrected chi connectivity index (χ0v) is 31.3. The van der Waals surface area contributed by atoms with E-state index in [1.165, 1.54) is 12.8 Å². The van der Waals surface area contributed by atoms with Gasteiger partial charge in [0.25, 0.3) is 0 Å². The number of nitrogens with one attached hydrogen (secondary N) is 1. The number of carbonyl (C=O) groups excluding carboxylic acids is 1. The van der Waals surface area contributed by atoms with Crippen LogP contribution >= 0.6 is 0 Å². The number of allylic oxidation sites excluding steroid dienone is 1. The molecule has 0 radical (unpaired) electrons. The molecule has 9 heteroatoms. The van der Waals surface area contributed by atoms with Crippen molar-refractivity contribution < 1.29 is 35.1 Å². The molecule has 0 aromatic rings. The van der Waals surface area contributed by atoms with Crippen molar-refractivity contribution in [3.63, 3.8) is 0 Å². The SMILES string of the molecule is CCC[C@](O)([C@@H]1O[C@@H]1[C@](C)(O)[C@](C)(CO)CCC1CCNC(N)C1)[C@@H]1CC[C@]2(O)C3=CC(=O)[C@H]4C[C@@H](O)CC[C@]4(C4CCCC4)[C@@H]3CC[C@]12C. The molecular formula is C41H68N2O7. The second-order valence-corrected chi connectivity index (χ2v) is 19.1. The number of hydrogen-bond donors (Lipinski definition) is 7. The third-order valence-corrected chi connectivity index (χ3v) is 16.8. The molecule has 0 aromatic carbocycles. The predicted octanol–water partition coefficient (Wildman–Crippen LogP) is 4.50. The Morgan fingerprint density at radius 1 is 0.980 bits per heavy atom. The molecule has 4 saturated carbocycles. The van der Waals surface area contributed by atoms with Crippen LogP contribution in [0.15, 0.2) is 11.6 Å². The molecule has 2 unspecified atom stereocenters. The van der Waals surface area contributed by atoms with E-state index in [4.69, 9.17) is 10.5 Å². The van der Waals surface area contributed by atoms with Gasteiger partial charge in [0, 0.05) is 16.7 Å². The van der Waals surface area contributed by atoms with E-state index in [0.29, 0.717) is 43.9 Å². The molecule has 0 spiro atoms. The predicted molar refractivity (Wildman–Crippen MR) is 192 cm³/mol. The Balaban J connectivity index is 1.16. The molecule has 0 aromatic heterocycles. The van der Waals surface area contributed by atoms with Gasteiger partial charge in [-0.05, 0) is 144 Å².